The Bertz CT molecular complexity index is 921. The first kappa shape index (κ1) is 16.6. The highest BCUT2D eigenvalue weighted by Gasteiger charge is 2.30. The first-order chi connectivity index (χ1) is 12.8. The summed E-state index contributed by atoms with van der Waals surface area (Å²) in [6.07, 6.45) is 1.80. The zero-order valence-electron chi connectivity index (χ0n) is 14.8. The van der Waals surface area contributed by atoms with Gasteiger partial charge in [0.2, 0.25) is 5.91 Å². The summed E-state index contributed by atoms with van der Waals surface area (Å²) in [5, 5.41) is 8.82. The van der Waals surface area contributed by atoms with Gasteiger partial charge in [0.1, 0.15) is 12.3 Å². The van der Waals surface area contributed by atoms with Gasteiger partial charge < -0.3 is 15.0 Å². The van der Waals surface area contributed by atoms with E-state index in [0.717, 1.165) is 28.8 Å². The number of piperazine rings is 1. The summed E-state index contributed by atoms with van der Waals surface area (Å²) in [7, 11) is 1.66. The van der Waals surface area contributed by atoms with Crippen LogP contribution >= 0.6 is 0 Å². The van der Waals surface area contributed by atoms with Crippen molar-refractivity contribution in [2.24, 2.45) is 0 Å². The molecule has 134 valence electrons. The molecule has 1 aliphatic heterocycles. The Labute approximate surface area is 152 Å². The van der Waals surface area contributed by atoms with Gasteiger partial charge in [-0.1, -0.05) is 36.4 Å². The number of amides is 1. The zero-order valence-corrected chi connectivity index (χ0v) is 14.8. The minimum atomic E-state index is -0.0470. The molecule has 26 heavy (non-hydrogen) atoms. The van der Waals surface area contributed by atoms with Gasteiger partial charge in [-0.15, -0.1) is 0 Å². The molecule has 1 atom stereocenters. The van der Waals surface area contributed by atoms with Gasteiger partial charge in [0.25, 0.3) is 0 Å². The maximum absolute atomic E-state index is 13.1. The van der Waals surface area contributed by atoms with Crippen LogP contribution in [0.3, 0.4) is 0 Å². The van der Waals surface area contributed by atoms with Crippen molar-refractivity contribution >= 4 is 16.8 Å². The second-order valence-corrected chi connectivity index (χ2v) is 6.41. The van der Waals surface area contributed by atoms with E-state index in [-0.39, 0.29) is 18.5 Å². The monoisotopic (exact) mass is 350 g/mol. The van der Waals surface area contributed by atoms with E-state index >= 15 is 0 Å². The lowest BCUT2D eigenvalue weighted by Gasteiger charge is -2.37. The van der Waals surface area contributed by atoms with Crippen molar-refractivity contribution in [2.75, 3.05) is 26.7 Å². The number of rotatable bonds is 4. The van der Waals surface area contributed by atoms with Crippen LogP contribution in [-0.4, -0.2) is 47.3 Å². The Morgan fingerprint density at radius 1 is 1.23 bits per heavy atom. The average Bonchev–Trinajstić information content (AvgIpc) is 3.11. The third-order valence-electron chi connectivity index (χ3n) is 4.90. The van der Waals surface area contributed by atoms with Crippen molar-refractivity contribution in [2.45, 2.75) is 12.6 Å². The van der Waals surface area contributed by atoms with E-state index in [0.29, 0.717) is 13.1 Å². The minimum Gasteiger partial charge on any atom is -0.496 e. The number of nitrogens with one attached hydrogen (secondary N) is 1. The normalized spacial score (nSPS) is 17.4. The van der Waals surface area contributed by atoms with Crippen LogP contribution in [-0.2, 0) is 11.3 Å². The highest BCUT2D eigenvalue weighted by atomic mass is 16.5. The second kappa shape index (κ2) is 7.17. The molecule has 1 unspecified atom stereocenters. The van der Waals surface area contributed by atoms with Gasteiger partial charge in [0.15, 0.2) is 0 Å². The van der Waals surface area contributed by atoms with E-state index in [1.54, 1.807) is 18.0 Å². The SMILES string of the molecule is COc1ccccc1C1CNCCN1C(=O)Cn1ncc2ccccc21. The van der Waals surface area contributed by atoms with Crippen LogP contribution in [0.4, 0.5) is 0 Å². The van der Waals surface area contributed by atoms with Crippen LogP contribution in [0.5, 0.6) is 5.75 Å². The number of aromatic nitrogens is 2. The molecular weight excluding hydrogens is 328 g/mol. The highest BCUT2D eigenvalue weighted by molar-refractivity contribution is 5.82. The van der Waals surface area contributed by atoms with Crippen molar-refractivity contribution in [3.63, 3.8) is 0 Å². The Hall–Kier alpha value is -2.86. The quantitative estimate of drug-likeness (QED) is 0.784. The van der Waals surface area contributed by atoms with Crippen LogP contribution in [0.25, 0.3) is 10.9 Å². The largest absolute Gasteiger partial charge is 0.496 e. The van der Waals surface area contributed by atoms with Crippen LogP contribution in [0, 0.1) is 0 Å². The number of hydrogen-bond acceptors (Lipinski definition) is 4. The van der Waals surface area contributed by atoms with E-state index in [4.69, 9.17) is 4.74 Å². The molecule has 6 nitrogen and oxygen atoms in total. The van der Waals surface area contributed by atoms with E-state index in [1.165, 1.54) is 0 Å². The molecule has 3 aromatic rings. The number of carbonyl (C=O) groups is 1. The third-order valence-corrected chi connectivity index (χ3v) is 4.90. The lowest BCUT2D eigenvalue weighted by atomic mass is 10.0. The van der Waals surface area contributed by atoms with Crippen LogP contribution < -0.4 is 10.1 Å². The van der Waals surface area contributed by atoms with Gasteiger partial charge in [-0.2, -0.15) is 5.10 Å². The molecule has 0 saturated carbocycles. The number of para-hydroxylation sites is 2. The van der Waals surface area contributed by atoms with E-state index < -0.39 is 0 Å². The summed E-state index contributed by atoms with van der Waals surface area (Å²) in [5.41, 5.74) is 2.01. The molecule has 6 heteroatoms. The number of benzene rings is 2. The molecule has 0 radical (unpaired) electrons. The van der Waals surface area contributed by atoms with Crippen molar-refractivity contribution in [3.8, 4) is 5.75 Å². The molecule has 2 aromatic carbocycles. The van der Waals surface area contributed by atoms with Gasteiger partial charge >= 0.3 is 0 Å². The summed E-state index contributed by atoms with van der Waals surface area (Å²) in [5.74, 6) is 0.875. The topological polar surface area (TPSA) is 59.4 Å². The van der Waals surface area contributed by atoms with Crippen molar-refractivity contribution in [3.05, 3.63) is 60.3 Å². The van der Waals surface area contributed by atoms with Gasteiger partial charge in [-0.3, -0.25) is 9.48 Å². The number of methoxy groups -OCH3 is 1. The Morgan fingerprint density at radius 3 is 2.92 bits per heavy atom. The Balaban J connectivity index is 1.61. The van der Waals surface area contributed by atoms with Gasteiger partial charge in [0, 0.05) is 30.6 Å². The van der Waals surface area contributed by atoms with Crippen LogP contribution in [0.2, 0.25) is 0 Å². The molecule has 1 N–H and O–H groups in total. The lowest BCUT2D eigenvalue weighted by molar-refractivity contribution is -0.135. The fourth-order valence-corrected chi connectivity index (χ4v) is 3.59. The number of fused-ring (bicyclic) bond motifs is 1. The predicted octanol–water partition coefficient (Wildman–Crippen LogP) is 2.22. The average molecular weight is 350 g/mol. The number of ether oxygens (including phenoxy) is 1. The van der Waals surface area contributed by atoms with Crippen molar-refractivity contribution in [1.29, 1.82) is 0 Å². The minimum absolute atomic E-state index is 0.0470. The molecule has 1 amide bonds. The van der Waals surface area contributed by atoms with Crippen molar-refractivity contribution in [1.82, 2.24) is 20.0 Å². The lowest BCUT2D eigenvalue weighted by Crippen LogP contribution is -2.49. The number of nitrogens with zero attached hydrogens (tertiary/aromatic N) is 3. The van der Waals surface area contributed by atoms with Crippen LogP contribution in [0.1, 0.15) is 11.6 Å². The fraction of sp³-hybridized carbons (Fsp3) is 0.300. The number of hydrogen-bond donors (Lipinski definition) is 1. The van der Waals surface area contributed by atoms with E-state index in [1.807, 2.05) is 53.4 Å². The molecule has 1 fully saturated rings. The van der Waals surface area contributed by atoms with Crippen LogP contribution in [0.15, 0.2) is 54.7 Å². The van der Waals surface area contributed by atoms with Gasteiger partial charge in [0.05, 0.1) is 24.9 Å². The molecule has 1 aromatic heterocycles. The second-order valence-electron chi connectivity index (χ2n) is 6.41. The maximum Gasteiger partial charge on any atom is 0.244 e. The summed E-state index contributed by atoms with van der Waals surface area (Å²) in [6.45, 7) is 2.41. The molecule has 1 saturated heterocycles. The molecule has 0 aliphatic carbocycles. The van der Waals surface area contributed by atoms with Crippen molar-refractivity contribution < 1.29 is 9.53 Å². The first-order valence-electron chi connectivity index (χ1n) is 8.81. The first-order valence-corrected chi connectivity index (χ1v) is 8.81. The Kier molecular flexibility index (Phi) is 4.58. The summed E-state index contributed by atoms with van der Waals surface area (Å²) in [4.78, 5) is 15.0. The zero-order chi connectivity index (χ0) is 17.9. The molecule has 4 rings (SSSR count). The number of carbonyl (C=O) groups excluding carboxylic acids is 1. The summed E-state index contributed by atoms with van der Waals surface area (Å²) >= 11 is 0. The van der Waals surface area contributed by atoms with Gasteiger partial charge in [-0.05, 0) is 12.1 Å². The van der Waals surface area contributed by atoms with Gasteiger partial charge in [-0.25, -0.2) is 0 Å². The fourth-order valence-electron chi connectivity index (χ4n) is 3.59. The van der Waals surface area contributed by atoms with E-state index in [9.17, 15) is 4.79 Å². The standard InChI is InChI=1S/C20H22N4O2/c1-26-19-9-5-3-7-16(19)18-13-21-10-11-23(18)20(25)14-24-17-8-4-2-6-15(17)12-22-24/h2-9,12,18,21H,10-11,13-14H2,1H3. The Morgan fingerprint density at radius 2 is 2.04 bits per heavy atom. The molecule has 0 bridgehead atoms. The third kappa shape index (κ3) is 3.04. The van der Waals surface area contributed by atoms with E-state index in [2.05, 4.69) is 10.4 Å². The highest BCUT2D eigenvalue weighted by Crippen LogP contribution is 2.30. The summed E-state index contributed by atoms with van der Waals surface area (Å²) < 4.78 is 7.28. The summed E-state index contributed by atoms with van der Waals surface area (Å²) in [6, 6.07) is 15.8. The smallest absolute Gasteiger partial charge is 0.244 e. The molecule has 0 spiro atoms. The molecule has 2 heterocycles. The maximum atomic E-state index is 13.1. The molecule has 1 aliphatic rings. The predicted molar refractivity (Wildman–Crippen MR) is 100 cm³/mol. The molecular formula is C20H22N4O2.